The number of carbonyl (C=O) groups excluding carboxylic acids is 1. The molecule has 82 valence electrons. The zero-order valence-electron chi connectivity index (χ0n) is 8.42. The molecule has 0 saturated heterocycles. The largest absolute Gasteiger partial charge is 0.397 e. The molecule has 1 amide bonds. The van der Waals surface area contributed by atoms with Gasteiger partial charge in [-0.05, 0) is 24.5 Å². The van der Waals surface area contributed by atoms with Gasteiger partial charge in [-0.2, -0.15) is 11.8 Å². The molecule has 0 aliphatic heterocycles. The number of hydrogen-bond donors (Lipinski definition) is 2. The molecule has 5 heteroatoms. The van der Waals surface area contributed by atoms with Gasteiger partial charge >= 0.3 is 0 Å². The summed E-state index contributed by atoms with van der Waals surface area (Å²) in [6, 6.07) is 3.91. The average Bonchev–Trinajstić information content (AvgIpc) is 2.19. The van der Waals surface area contributed by atoms with Crippen molar-refractivity contribution in [3.63, 3.8) is 0 Å². The molecule has 0 radical (unpaired) electrons. The van der Waals surface area contributed by atoms with E-state index in [2.05, 4.69) is 5.32 Å². The zero-order valence-corrected chi connectivity index (χ0v) is 9.23. The van der Waals surface area contributed by atoms with Crippen molar-refractivity contribution in [3.8, 4) is 0 Å². The maximum atomic E-state index is 12.7. The highest BCUT2D eigenvalue weighted by molar-refractivity contribution is 7.98. The van der Waals surface area contributed by atoms with Crippen LogP contribution in [0, 0.1) is 5.82 Å². The molecule has 0 spiro atoms. The summed E-state index contributed by atoms with van der Waals surface area (Å²) in [6.45, 7) is 0. The number of thioether (sulfide) groups is 1. The fourth-order valence-electron chi connectivity index (χ4n) is 1.05. The fourth-order valence-corrected chi connectivity index (χ4v) is 1.44. The van der Waals surface area contributed by atoms with Gasteiger partial charge in [0.25, 0.3) is 0 Å². The molecule has 0 heterocycles. The number of rotatable bonds is 4. The van der Waals surface area contributed by atoms with Crippen molar-refractivity contribution < 1.29 is 9.18 Å². The lowest BCUT2D eigenvalue weighted by atomic mass is 10.2. The van der Waals surface area contributed by atoms with E-state index in [1.165, 1.54) is 18.2 Å². The Balaban J connectivity index is 2.60. The number of anilines is 2. The van der Waals surface area contributed by atoms with Gasteiger partial charge in [0, 0.05) is 12.2 Å². The lowest BCUT2D eigenvalue weighted by molar-refractivity contribution is -0.115. The monoisotopic (exact) mass is 228 g/mol. The number of hydrogen-bond acceptors (Lipinski definition) is 3. The van der Waals surface area contributed by atoms with Crippen LogP contribution in [0.3, 0.4) is 0 Å². The van der Waals surface area contributed by atoms with E-state index in [0.29, 0.717) is 12.1 Å². The van der Waals surface area contributed by atoms with Crippen LogP contribution in [0.5, 0.6) is 0 Å². The predicted octanol–water partition coefficient (Wildman–Crippen LogP) is 2.10. The number of nitrogens with one attached hydrogen (secondary N) is 1. The molecule has 0 atom stereocenters. The molecule has 0 aliphatic rings. The maximum absolute atomic E-state index is 12.7. The van der Waals surface area contributed by atoms with Crippen LogP contribution in [-0.2, 0) is 4.79 Å². The van der Waals surface area contributed by atoms with Gasteiger partial charge in [-0.25, -0.2) is 4.39 Å². The van der Waals surface area contributed by atoms with E-state index in [1.807, 2.05) is 6.26 Å². The Morgan fingerprint density at radius 1 is 1.60 bits per heavy atom. The Kier molecular flexibility index (Phi) is 4.42. The van der Waals surface area contributed by atoms with Crippen molar-refractivity contribution in [1.82, 2.24) is 0 Å². The van der Waals surface area contributed by atoms with Crippen LogP contribution in [0.4, 0.5) is 15.8 Å². The van der Waals surface area contributed by atoms with E-state index in [1.54, 1.807) is 11.8 Å². The van der Waals surface area contributed by atoms with Crippen molar-refractivity contribution in [2.24, 2.45) is 0 Å². The van der Waals surface area contributed by atoms with E-state index in [-0.39, 0.29) is 11.6 Å². The minimum Gasteiger partial charge on any atom is -0.397 e. The summed E-state index contributed by atoms with van der Waals surface area (Å²) in [5.41, 5.74) is 6.24. The van der Waals surface area contributed by atoms with Crippen LogP contribution >= 0.6 is 11.8 Å². The zero-order chi connectivity index (χ0) is 11.3. The van der Waals surface area contributed by atoms with E-state index < -0.39 is 5.82 Å². The Morgan fingerprint density at radius 3 is 2.93 bits per heavy atom. The normalized spacial score (nSPS) is 10.0. The van der Waals surface area contributed by atoms with Gasteiger partial charge in [0.15, 0.2) is 0 Å². The summed E-state index contributed by atoms with van der Waals surface area (Å²) in [6.07, 6.45) is 2.36. The van der Waals surface area contributed by atoms with Crippen LogP contribution in [0.2, 0.25) is 0 Å². The molecule has 15 heavy (non-hydrogen) atoms. The molecule has 0 unspecified atom stereocenters. The van der Waals surface area contributed by atoms with E-state index in [9.17, 15) is 9.18 Å². The molecule has 0 bridgehead atoms. The summed E-state index contributed by atoms with van der Waals surface area (Å²) in [5, 5.41) is 2.63. The minimum atomic E-state index is -0.408. The summed E-state index contributed by atoms with van der Waals surface area (Å²) >= 11 is 1.60. The Labute approximate surface area is 92.2 Å². The lowest BCUT2D eigenvalue weighted by Crippen LogP contribution is -2.13. The topological polar surface area (TPSA) is 55.1 Å². The first kappa shape index (κ1) is 11.8. The van der Waals surface area contributed by atoms with E-state index in [0.717, 1.165) is 5.75 Å². The van der Waals surface area contributed by atoms with Gasteiger partial charge in [0.2, 0.25) is 5.91 Å². The molecule has 3 nitrogen and oxygen atoms in total. The van der Waals surface area contributed by atoms with Crippen LogP contribution in [-0.4, -0.2) is 17.9 Å². The van der Waals surface area contributed by atoms with Crippen LogP contribution in [0.25, 0.3) is 0 Å². The second-order valence-corrected chi connectivity index (χ2v) is 4.01. The molecule has 1 aromatic rings. The molecule has 0 aromatic heterocycles. The van der Waals surface area contributed by atoms with Crippen molar-refractivity contribution in [2.45, 2.75) is 6.42 Å². The number of benzene rings is 1. The van der Waals surface area contributed by atoms with Gasteiger partial charge < -0.3 is 11.1 Å². The Hall–Kier alpha value is -1.23. The number of nitrogen functional groups attached to an aromatic ring is 1. The fraction of sp³-hybridized carbons (Fsp3) is 0.300. The summed E-state index contributed by atoms with van der Waals surface area (Å²) in [4.78, 5) is 11.3. The summed E-state index contributed by atoms with van der Waals surface area (Å²) in [7, 11) is 0. The second-order valence-electron chi connectivity index (χ2n) is 3.02. The first-order valence-electron chi connectivity index (χ1n) is 4.47. The van der Waals surface area contributed by atoms with Gasteiger partial charge in [-0.1, -0.05) is 0 Å². The van der Waals surface area contributed by atoms with E-state index in [4.69, 9.17) is 5.73 Å². The second kappa shape index (κ2) is 5.60. The van der Waals surface area contributed by atoms with Crippen molar-refractivity contribution in [2.75, 3.05) is 23.1 Å². The highest BCUT2D eigenvalue weighted by Crippen LogP contribution is 2.19. The molecular weight excluding hydrogens is 215 g/mol. The van der Waals surface area contributed by atoms with Crippen molar-refractivity contribution in [3.05, 3.63) is 24.0 Å². The lowest BCUT2D eigenvalue weighted by Gasteiger charge is -2.07. The third-order valence-corrected chi connectivity index (χ3v) is 2.43. The Bertz CT molecular complexity index is 357. The molecular formula is C10H13FN2OS. The van der Waals surface area contributed by atoms with Gasteiger partial charge in [0.05, 0.1) is 11.4 Å². The number of amides is 1. The number of nitrogens with two attached hydrogens (primary N) is 1. The summed E-state index contributed by atoms with van der Waals surface area (Å²) < 4.78 is 12.7. The van der Waals surface area contributed by atoms with Crippen LogP contribution in [0.1, 0.15) is 6.42 Å². The molecule has 3 N–H and O–H groups in total. The van der Waals surface area contributed by atoms with Crippen LogP contribution < -0.4 is 11.1 Å². The third-order valence-electron chi connectivity index (χ3n) is 1.82. The van der Waals surface area contributed by atoms with Crippen molar-refractivity contribution in [1.29, 1.82) is 0 Å². The first-order chi connectivity index (χ1) is 7.13. The average molecular weight is 228 g/mol. The van der Waals surface area contributed by atoms with Crippen molar-refractivity contribution >= 4 is 29.0 Å². The number of carbonyl (C=O) groups is 1. The molecule has 0 aliphatic carbocycles. The minimum absolute atomic E-state index is 0.109. The molecule has 1 rings (SSSR count). The first-order valence-corrected chi connectivity index (χ1v) is 5.86. The molecule has 0 saturated carbocycles. The quantitative estimate of drug-likeness (QED) is 0.776. The highest BCUT2D eigenvalue weighted by Gasteiger charge is 2.05. The number of halogens is 1. The third kappa shape index (κ3) is 3.79. The standard InChI is InChI=1S/C10H13FN2OS/c1-15-5-4-10(14)13-9-3-2-7(11)6-8(9)12/h2-3,6H,4-5,12H2,1H3,(H,13,14). The molecule has 1 aromatic carbocycles. The SMILES string of the molecule is CSCCC(=O)Nc1ccc(F)cc1N. The highest BCUT2D eigenvalue weighted by atomic mass is 32.2. The molecule has 0 fully saturated rings. The smallest absolute Gasteiger partial charge is 0.225 e. The van der Waals surface area contributed by atoms with E-state index >= 15 is 0 Å². The maximum Gasteiger partial charge on any atom is 0.225 e. The Morgan fingerprint density at radius 2 is 2.33 bits per heavy atom. The van der Waals surface area contributed by atoms with Gasteiger partial charge in [-0.15, -0.1) is 0 Å². The van der Waals surface area contributed by atoms with Gasteiger partial charge in [-0.3, -0.25) is 4.79 Å². The predicted molar refractivity (Wildman–Crippen MR) is 62.4 cm³/mol. The summed E-state index contributed by atoms with van der Waals surface area (Å²) in [5.74, 6) is 0.240. The van der Waals surface area contributed by atoms with Crippen LogP contribution in [0.15, 0.2) is 18.2 Å². The van der Waals surface area contributed by atoms with Gasteiger partial charge in [0.1, 0.15) is 5.82 Å².